The van der Waals surface area contributed by atoms with Gasteiger partial charge in [-0.2, -0.15) is 5.10 Å². The standard InChI is InChI=1S/C19H18ClN3O4/c1-27-16-4-2-3-12(18(16)25)10-21-22-19(26)13-9-17(24)23(11-13)15-7-5-14(20)6-8-15/h2-8,10,13,25H,9,11H2,1H3,(H,22,26)/b21-10-/t13-/m0/s1. The smallest absolute Gasteiger partial charge is 0.245 e. The van der Waals surface area contributed by atoms with E-state index in [9.17, 15) is 14.7 Å². The third-order valence-electron chi connectivity index (χ3n) is 4.26. The van der Waals surface area contributed by atoms with Gasteiger partial charge >= 0.3 is 0 Å². The van der Waals surface area contributed by atoms with Crippen molar-refractivity contribution in [3.8, 4) is 11.5 Å². The summed E-state index contributed by atoms with van der Waals surface area (Å²) in [6.45, 7) is 0.270. The number of phenols is 1. The Morgan fingerprint density at radius 1 is 1.33 bits per heavy atom. The molecule has 0 bridgehead atoms. The van der Waals surface area contributed by atoms with Gasteiger partial charge in [0.05, 0.1) is 19.2 Å². The normalized spacial score (nSPS) is 16.7. The van der Waals surface area contributed by atoms with Crippen molar-refractivity contribution < 1.29 is 19.4 Å². The summed E-state index contributed by atoms with van der Waals surface area (Å²) in [5.41, 5.74) is 3.52. The maximum absolute atomic E-state index is 12.3. The van der Waals surface area contributed by atoms with E-state index in [4.69, 9.17) is 16.3 Å². The summed E-state index contributed by atoms with van der Waals surface area (Å²) in [4.78, 5) is 26.1. The Bertz CT molecular complexity index is 883. The van der Waals surface area contributed by atoms with Gasteiger partial charge < -0.3 is 14.7 Å². The zero-order chi connectivity index (χ0) is 19.4. The minimum atomic E-state index is -0.510. The van der Waals surface area contributed by atoms with Gasteiger partial charge in [0.1, 0.15) is 0 Å². The van der Waals surface area contributed by atoms with Crippen LogP contribution in [0.2, 0.25) is 5.02 Å². The number of anilines is 1. The molecule has 1 atom stereocenters. The molecule has 7 nitrogen and oxygen atoms in total. The highest BCUT2D eigenvalue weighted by atomic mass is 35.5. The van der Waals surface area contributed by atoms with Crippen molar-refractivity contribution in [2.75, 3.05) is 18.6 Å². The number of carbonyl (C=O) groups excluding carboxylic acids is 2. The van der Waals surface area contributed by atoms with Crippen LogP contribution in [0.3, 0.4) is 0 Å². The number of amides is 2. The van der Waals surface area contributed by atoms with Crippen molar-refractivity contribution in [3.05, 3.63) is 53.1 Å². The van der Waals surface area contributed by atoms with Crippen LogP contribution in [0, 0.1) is 5.92 Å². The molecule has 2 amide bonds. The molecule has 27 heavy (non-hydrogen) atoms. The largest absolute Gasteiger partial charge is 0.504 e. The second-order valence-corrected chi connectivity index (χ2v) is 6.45. The molecular weight excluding hydrogens is 370 g/mol. The van der Waals surface area contributed by atoms with Gasteiger partial charge in [0.2, 0.25) is 11.8 Å². The molecule has 0 aliphatic carbocycles. The first-order valence-corrected chi connectivity index (χ1v) is 8.62. The van der Waals surface area contributed by atoms with E-state index in [1.807, 2.05) is 0 Å². The number of nitrogens with zero attached hydrogens (tertiary/aromatic N) is 2. The van der Waals surface area contributed by atoms with Gasteiger partial charge in [0.25, 0.3) is 0 Å². The molecule has 0 radical (unpaired) electrons. The first-order chi connectivity index (χ1) is 13.0. The van der Waals surface area contributed by atoms with Gasteiger partial charge in [0.15, 0.2) is 11.5 Å². The van der Waals surface area contributed by atoms with Crippen LogP contribution >= 0.6 is 11.6 Å². The number of rotatable bonds is 5. The molecule has 2 aromatic rings. The van der Waals surface area contributed by atoms with Crippen LogP contribution in [-0.2, 0) is 9.59 Å². The number of hydrogen-bond donors (Lipinski definition) is 2. The first-order valence-electron chi connectivity index (χ1n) is 8.24. The van der Waals surface area contributed by atoms with Crippen molar-refractivity contribution in [2.24, 2.45) is 11.0 Å². The van der Waals surface area contributed by atoms with Crippen LogP contribution in [0.15, 0.2) is 47.6 Å². The summed E-state index contributed by atoms with van der Waals surface area (Å²) in [5, 5.41) is 14.4. The van der Waals surface area contributed by atoms with Crippen LogP contribution in [0.4, 0.5) is 5.69 Å². The average molecular weight is 388 g/mol. The van der Waals surface area contributed by atoms with E-state index < -0.39 is 5.92 Å². The van der Waals surface area contributed by atoms with Gasteiger partial charge in [-0.15, -0.1) is 0 Å². The molecule has 0 saturated carbocycles. The summed E-state index contributed by atoms with van der Waals surface area (Å²) in [6.07, 6.45) is 1.43. The van der Waals surface area contributed by atoms with Crippen LogP contribution in [0.25, 0.3) is 0 Å². The number of carbonyl (C=O) groups is 2. The fourth-order valence-corrected chi connectivity index (χ4v) is 2.94. The lowest BCUT2D eigenvalue weighted by Gasteiger charge is -2.16. The quantitative estimate of drug-likeness (QED) is 0.609. The Labute approximate surface area is 161 Å². The van der Waals surface area contributed by atoms with E-state index in [1.54, 1.807) is 47.4 Å². The van der Waals surface area contributed by atoms with E-state index in [1.165, 1.54) is 13.3 Å². The lowest BCUT2D eigenvalue weighted by atomic mass is 10.1. The molecular formula is C19H18ClN3O4. The summed E-state index contributed by atoms with van der Waals surface area (Å²) in [6, 6.07) is 11.8. The van der Waals surface area contributed by atoms with E-state index in [0.717, 1.165) is 0 Å². The molecule has 2 aromatic carbocycles. The molecule has 1 aliphatic rings. The fourth-order valence-electron chi connectivity index (χ4n) is 2.82. The molecule has 0 spiro atoms. The van der Waals surface area contributed by atoms with E-state index >= 15 is 0 Å². The topological polar surface area (TPSA) is 91.2 Å². The Balaban J connectivity index is 1.62. The molecule has 1 heterocycles. The predicted octanol–water partition coefficient (Wildman–Crippen LogP) is 2.56. The number of aromatic hydroxyl groups is 1. The number of benzene rings is 2. The Morgan fingerprint density at radius 2 is 2.07 bits per heavy atom. The second kappa shape index (κ2) is 8.09. The molecule has 8 heteroatoms. The van der Waals surface area contributed by atoms with Crippen molar-refractivity contribution in [1.82, 2.24) is 5.43 Å². The van der Waals surface area contributed by atoms with Crippen LogP contribution in [-0.4, -0.2) is 36.8 Å². The number of phenolic OH excluding ortho intramolecular Hbond substituents is 1. The Morgan fingerprint density at radius 3 is 2.78 bits per heavy atom. The number of ether oxygens (including phenoxy) is 1. The zero-order valence-corrected chi connectivity index (χ0v) is 15.3. The SMILES string of the molecule is COc1cccc(/C=N\NC(=O)[C@H]2CC(=O)N(c3ccc(Cl)cc3)C2)c1O. The highest BCUT2D eigenvalue weighted by Gasteiger charge is 2.35. The number of para-hydroxylation sites is 1. The van der Waals surface area contributed by atoms with Crippen LogP contribution in [0.1, 0.15) is 12.0 Å². The number of hydrazone groups is 1. The van der Waals surface area contributed by atoms with E-state index in [0.29, 0.717) is 22.0 Å². The molecule has 3 rings (SSSR count). The van der Waals surface area contributed by atoms with Gasteiger partial charge in [-0.3, -0.25) is 9.59 Å². The molecule has 2 N–H and O–H groups in total. The molecule has 1 fully saturated rings. The van der Waals surface area contributed by atoms with E-state index in [2.05, 4.69) is 10.5 Å². The second-order valence-electron chi connectivity index (χ2n) is 6.01. The molecule has 0 unspecified atom stereocenters. The minimum absolute atomic E-state index is 0.0667. The molecule has 1 saturated heterocycles. The van der Waals surface area contributed by atoms with Crippen LogP contribution < -0.4 is 15.1 Å². The van der Waals surface area contributed by atoms with E-state index in [-0.39, 0.29) is 30.5 Å². The first kappa shape index (κ1) is 18.7. The summed E-state index contributed by atoms with van der Waals surface area (Å²) < 4.78 is 5.02. The minimum Gasteiger partial charge on any atom is -0.504 e. The average Bonchev–Trinajstić information content (AvgIpc) is 3.05. The van der Waals surface area contributed by atoms with Gasteiger partial charge in [0, 0.05) is 29.2 Å². The monoisotopic (exact) mass is 387 g/mol. The highest BCUT2D eigenvalue weighted by Crippen LogP contribution is 2.28. The van der Waals surface area contributed by atoms with Gasteiger partial charge in [-0.1, -0.05) is 17.7 Å². The number of hydrogen-bond acceptors (Lipinski definition) is 5. The molecule has 140 valence electrons. The van der Waals surface area contributed by atoms with Crippen molar-refractivity contribution in [1.29, 1.82) is 0 Å². The maximum atomic E-state index is 12.3. The number of halogens is 1. The Hall–Kier alpha value is -3.06. The summed E-state index contributed by atoms with van der Waals surface area (Å²) in [5.74, 6) is -0.761. The van der Waals surface area contributed by atoms with Gasteiger partial charge in [-0.25, -0.2) is 5.43 Å². The summed E-state index contributed by atoms with van der Waals surface area (Å²) in [7, 11) is 1.45. The number of nitrogens with one attached hydrogen (secondary N) is 1. The highest BCUT2D eigenvalue weighted by molar-refractivity contribution is 6.30. The molecule has 1 aliphatic heterocycles. The van der Waals surface area contributed by atoms with Crippen molar-refractivity contribution >= 4 is 35.3 Å². The van der Waals surface area contributed by atoms with Gasteiger partial charge in [-0.05, 0) is 36.4 Å². The Kier molecular flexibility index (Phi) is 5.61. The van der Waals surface area contributed by atoms with Crippen molar-refractivity contribution in [2.45, 2.75) is 6.42 Å². The predicted molar refractivity (Wildman–Crippen MR) is 102 cm³/mol. The lowest BCUT2D eigenvalue weighted by molar-refractivity contribution is -0.126. The zero-order valence-electron chi connectivity index (χ0n) is 14.6. The van der Waals surface area contributed by atoms with Crippen LogP contribution in [0.5, 0.6) is 11.5 Å². The lowest BCUT2D eigenvalue weighted by Crippen LogP contribution is -2.30. The fraction of sp³-hybridized carbons (Fsp3) is 0.211. The number of methoxy groups -OCH3 is 1. The third-order valence-corrected chi connectivity index (χ3v) is 4.51. The van der Waals surface area contributed by atoms with Crippen molar-refractivity contribution in [3.63, 3.8) is 0 Å². The molecule has 0 aromatic heterocycles. The maximum Gasteiger partial charge on any atom is 0.245 e. The summed E-state index contributed by atoms with van der Waals surface area (Å²) >= 11 is 5.86. The third kappa shape index (κ3) is 4.20.